The van der Waals surface area contributed by atoms with Gasteiger partial charge in [-0.3, -0.25) is 4.79 Å². The SMILES string of the molecule is Cc1cc(Oc2ccccc2F)ccc1-n1ncc(C(=O)c2cc3cc(OCC(F)F)c(N=C=O)cc3[nH]2)c1N. The van der Waals surface area contributed by atoms with E-state index < -0.39 is 24.6 Å². The third-order valence-corrected chi connectivity index (χ3v) is 5.99. The lowest BCUT2D eigenvalue weighted by Crippen LogP contribution is -2.08. The number of aromatic amines is 1. The molecule has 2 aromatic heterocycles. The quantitative estimate of drug-likeness (QED) is 0.132. The van der Waals surface area contributed by atoms with Gasteiger partial charge in [0.15, 0.2) is 11.6 Å². The van der Waals surface area contributed by atoms with Gasteiger partial charge in [0.05, 0.1) is 23.1 Å². The van der Waals surface area contributed by atoms with Crippen molar-refractivity contribution in [2.75, 3.05) is 12.3 Å². The first-order chi connectivity index (χ1) is 19.2. The van der Waals surface area contributed by atoms with Crippen molar-refractivity contribution in [2.45, 2.75) is 13.3 Å². The molecule has 3 N–H and O–H groups in total. The number of para-hydroxylation sites is 1. The second-order valence-corrected chi connectivity index (χ2v) is 8.66. The number of nitrogens with zero attached hydrogens (tertiary/aromatic N) is 3. The van der Waals surface area contributed by atoms with Gasteiger partial charge in [-0.05, 0) is 61.0 Å². The number of alkyl halides is 2. The second-order valence-electron chi connectivity index (χ2n) is 8.66. The topological polar surface area (TPSA) is 125 Å². The number of carbonyl (C=O) groups excluding carboxylic acids is 2. The van der Waals surface area contributed by atoms with Crippen molar-refractivity contribution >= 4 is 34.3 Å². The molecule has 0 saturated carbocycles. The van der Waals surface area contributed by atoms with Crippen LogP contribution in [-0.2, 0) is 4.79 Å². The smallest absolute Gasteiger partial charge is 0.272 e. The van der Waals surface area contributed by atoms with E-state index in [-0.39, 0.29) is 34.3 Å². The average molecular weight is 547 g/mol. The maximum Gasteiger partial charge on any atom is 0.272 e. The van der Waals surface area contributed by atoms with Crippen molar-refractivity contribution in [3.05, 3.63) is 89.5 Å². The fourth-order valence-corrected chi connectivity index (χ4v) is 4.13. The number of ketones is 1. The number of hydrogen-bond acceptors (Lipinski definition) is 7. The number of halogens is 3. The number of carbonyl (C=O) groups is 1. The summed E-state index contributed by atoms with van der Waals surface area (Å²) in [7, 11) is 0. The number of benzene rings is 3. The van der Waals surface area contributed by atoms with E-state index in [9.17, 15) is 22.8 Å². The number of aryl methyl sites for hydroxylation is 1. The van der Waals surface area contributed by atoms with Gasteiger partial charge in [-0.1, -0.05) is 12.1 Å². The number of aliphatic imine (C=N–C) groups is 1. The minimum absolute atomic E-state index is 0.0192. The first kappa shape index (κ1) is 26.3. The van der Waals surface area contributed by atoms with Crippen LogP contribution in [0.15, 0.2) is 71.9 Å². The predicted molar refractivity (Wildman–Crippen MR) is 140 cm³/mol. The van der Waals surface area contributed by atoms with Gasteiger partial charge in [-0.15, -0.1) is 0 Å². The molecule has 9 nitrogen and oxygen atoms in total. The average Bonchev–Trinajstić information content (AvgIpc) is 3.51. The summed E-state index contributed by atoms with van der Waals surface area (Å²) in [6, 6.07) is 15.3. The molecule has 0 aliphatic carbocycles. The first-order valence-electron chi connectivity index (χ1n) is 11.8. The van der Waals surface area contributed by atoms with Crippen LogP contribution in [0.25, 0.3) is 16.6 Å². The van der Waals surface area contributed by atoms with Gasteiger partial charge in [-0.2, -0.15) is 10.1 Å². The number of isocyanates is 1. The van der Waals surface area contributed by atoms with Crippen molar-refractivity contribution in [1.82, 2.24) is 14.8 Å². The van der Waals surface area contributed by atoms with Gasteiger partial charge < -0.3 is 20.2 Å². The highest BCUT2D eigenvalue weighted by molar-refractivity contribution is 6.12. The van der Waals surface area contributed by atoms with Crippen LogP contribution in [0, 0.1) is 12.7 Å². The Labute approximate surface area is 224 Å². The Kier molecular flexibility index (Phi) is 7.09. The summed E-state index contributed by atoms with van der Waals surface area (Å²) >= 11 is 0. The maximum atomic E-state index is 14.0. The number of H-pyrrole nitrogens is 1. The second kappa shape index (κ2) is 10.8. The van der Waals surface area contributed by atoms with Gasteiger partial charge >= 0.3 is 0 Å². The highest BCUT2D eigenvalue weighted by Gasteiger charge is 2.21. The summed E-state index contributed by atoms with van der Waals surface area (Å²) in [5.74, 6) is -0.474. The third kappa shape index (κ3) is 5.16. The van der Waals surface area contributed by atoms with E-state index in [1.165, 1.54) is 47.3 Å². The number of ether oxygens (including phenoxy) is 2. The molecule has 12 heteroatoms. The fourth-order valence-electron chi connectivity index (χ4n) is 4.13. The van der Waals surface area contributed by atoms with E-state index in [4.69, 9.17) is 15.2 Å². The summed E-state index contributed by atoms with van der Waals surface area (Å²) in [6.07, 6.45) is -0.0507. The number of anilines is 1. The van der Waals surface area contributed by atoms with E-state index in [0.717, 1.165) is 0 Å². The van der Waals surface area contributed by atoms with E-state index in [0.29, 0.717) is 27.9 Å². The molecule has 5 rings (SSSR count). The molecule has 202 valence electrons. The molecule has 5 aromatic rings. The molecule has 40 heavy (non-hydrogen) atoms. The van der Waals surface area contributed by atoms with Crippen molar-refractivity contribution in [3.63, 3.8) is 0 Å². The summed E-state index contributed by atoms with van der Waals surface area (Å²) in [4.78, 5) is 30.5. The molecule has 0 unspecified atom stereocenters. The van der Waals surface area contributed by atoms with Crippen LogP contribution in [0.5, 0.6) is 17.2 Å². The maximum absolute atomic E-state index is 14.0. The number of nitrogens with one attached hydrogen (secondary N) is 1. The van der Waals surface area contributed by atoms with Crippen LogP contribution in [0.2, 0.25) is 0 Å². The molecule has 0 fully saturated rings. The zero-order valence-electron chi connectivity index (χ0n) is 20.8. The van der Waals surface area contributed by atoms with Crippen molar-refractivity contribution in [3.8, 4) is 22.9 Å². The monoisotopic (exact) mass is 547 g/mol. The number of fused-ring (bicyclic) bond motifs is 1. The van der Waals surface area contributed by atoms with Gasteiger partial charge in [0.2, 0.25) is 11.9 Å². The van der Waals surface area contributed by atoms with Crippen molar-refractivity contribution < 1.29 is 32.2 Å². The van der Waals surface area contributed by atoms with Gasteiger partial charge in [-0.25, -0.2) is 22.6 Å². The van der Waals surface area contributed by atoms with E-state index in [1.54, 1.807) is 37.3 Å². The molecule has 0 amide bonds. The summed E-state index contributed by atoms with van der Waals surface area (Å²) in [5, 5.41) is 4.74. The number of nitrogens with two attached hydrogens (primary N) is 1. The molecule has 0 aliphatic heterocycles. The van der Waals surface area contributed by atoms with Crippen LogP contribution < -0.4 is 15.2 Å². The van der Waals surface area contributed by atoms with E-state index in [2.05, 4.69) is 15.1 Å². The summed E-state index contributed by atoms with van der Waals surface area (Å²) in [6.45, 7) is 0.894. The Morgan fingerprint density at radius 3 is 2.67 bits per heavy atom. The number of rotatable bonds is 9. The Hall–Kier alpha value is -5.35. The predicted octanol–water partition coefficient (Wildman–Crippen LogP) is 6.02. The number of nitrogen functional groups attached to an aromatic ring is 1. The van der Waals surface area contributed by atoms with Gasteiger partial charge in [0, 0.05) is 10.9 Å². The number of aromatic nitrogens is 3. The molecule has 2 heterocycles. The fraction of sp³-hybridized carbons (Fsp3) is 0.107. The highest BCUT2D eigenvalue weighted by atomic mass is 19.3. The standard InChI is InChI=1S/C28H20F3N5O4/c1-15-8-17(40-24-5-3-2-4-19(24)29)6-7-23(15)36-28(32)18(12-34-36)27(38)22-9-16-10-25(39-13-26(30)31)21(33-14-37)11-20(16)35-22/h2-12,26,35H,13,32H2,1H3. The largest absolute Gasteiger partial charge is 0.485 e. The molecule has 3 aromatic carbocycles. The van der Waals surface area contributed by atoms with Crippen molar-refractivity contribution in [1.29, 1.82) is 0 Å². The van der Waals surface area contributed by atoms with Crippen LogP contribution in [0.3, 0.4) is 0 Å². The van der Waals surface area contributed by atoms with Crippen LogP contribution in [0.4, 0.5) is 24.7 Å². The molecular weight excluding hydrogens is 527 g/mol. The summed E-state index contributed by atoms with van der Waals surface area (Å²) in [5.41, 5.74) is 8.23. The van der Waals surface area contributed by atoms with Crippen LogP contribution in [0.1, 0.15) is 21.6 Å². The van der Waals surface area contributed by atoms with Gasteiger partial charge in [0.1, 0.15) is 29.6 Å². The highest BCUT2D eigenvalue weighted by Crippen LogP contribution is 2.34. The van der Waals surface area contributed by atoms with Gasteiger partial charge in [0.25, 0.3) is 6.43 Å². The number of hydrogen-bond donors (Lipinski definition) is 2. The molecule has 0 aliphatic rings. The molecule has 0 saturated heterocycles. The summed E-state index contributed by atoms with van der Waals surface area (Å²) < 4.78 is 51.3. The van der Waals surface area contributed by atoms with Crippen molar-refractivity contribution in [2.24, 2.45) is 4.99 Å². The van der Waals surface area contributed by atoms with E-state index >= 15 is 0 Å². The van der Waals surface area contributed by atoms with Crippen LogP contribution in [-0.4, -0.2) is 39.7 Å². The molecule has 0 bridgehead atoms. The lowest BCUT2D eigenvalue weighted by Gasteiger charge is -2.12. The van der Waals surface area contributed by atoms with Crippen LogP contribution >= 0.6 is 0 Å². The Morgan fingerprint density at radius 1 is 1.15 bits per heavy atom. The molecule has 0 radical (unpaired) electrons. The normalized spacial score (nSPS) is 11.0. The Balaban J connectivity index is 1.43. The van der Waals surface area contributed by atoms with E-state index in [1.807, 2.05) is 0 Å². The lowest BCUT2D eigenvalue weighted by atomic mass is 10.1. The zero-order chi connectivity index (χ0) is 28.4. The first-order valence-corrected chi connectivity index (χ1v) is 11.8. The third-order valence-electron chi connectivity index (χ3n) is 5.99. The molecule has 0 atom stereocenters. The molecule has 0 spiro atoms. The zero-order valence-corrected chi connectivity index (χ0v) is 20.8. The lowest BCUT2D eigenvalue weighted by molar-refractivity contribution is 0.0823. The minimum atomic E-state index is -2.73. The Morgan fingerprint density at radius 2 is 1.95 bits per heavy atom. The Bertz CT molecular complexity index is 1790. The minimum Gasteiger partial charge on any atom is -0.485 e. The molecular formula is C28H20F3N5O4.